The van der Waals surface area contributed by atoms with Crippen molar-refractivity contribution < 1.29 is 9.90 Å². The van der Waals surface area contributed by atoms with E-state index in [9.17, 15) is 9.90 Å². The van der Waals surface area contributed by atoms with Crippen molar-refractivity contribution in [1.29, 1.82) is 0 Å². The molecule has 2 rings (SSSR count). The average Bonchev–Trinajstić information content (AvgIpc) is 2.45. The summed E-state index contributed by atoms with van der Waals surface area (Å²) in [7, 11) is 0. The lowest BCUT2D eigenvalue weighted by atomic mass is 10.0. The number of rotatable bonds is 4. The molecule has 4 heteroatoms. The quantitative estimate of drug-likeness (QED) is 0.919. The van der Waals surface area contributed by atoms with Gasteiger partial charge < -0.3 is 14.9 Å². The SMILES string of the molecule is CC(C)N1CCC(N(Cc2ccccc2)C(=O)O)CC1. The van der Waals surface area contributed by atoms with Gasteiger partial charge in [0.2, 0.25) is 0 Å². The molecule has 1 aliphatic rings. The van der Waals surface area contributed by atoms with Gasteiger partial charge in [0.15, 0.2) is 0 Å². The summed E-state index contributed by atoms with van der Waals surface area (Å²) < 4.78 is 0. The summed E-state index contributed by atoms with van der Waals surface area (Å²) in [5.74, 6) is 0. The molecule has 0 saturated carbocycles. The molecule has 1 N–H and O–H groups in total. The molecule has 1 aromatic rings. The molecule has 0 aliphatic carbocycles. The van der Waals surface area contributed by atoms with Crippen molar-refractivity contribution in [1.82, 2.24) is 9.80 Å². The van der Waals surface area contributed by atoms with Crippen LogP contribution in [0.25, 0.3) is 0 Å². The summed E-state index contributed by atoms with van der Waals surface area (Å²) in [6, 6.07) is 10.5. The Labute approximate surface area is 121 Å². The van der Waals surface area contributed by atoms with Crippen LogP contribution in [0.3, 0.4) is 0 Å². The molecule has 0 unspecified atom stereocenters. The average molecular weight is 276 g/mol. The van der Waals surface area contributed by atoms with Gasteiger partial charge >= 0.3 is 6.09 Å². The van der Waals surface area contributed by atoms with Crippen molar-refractivity contribution in [3.05, 3.63) is 35.9 Å². The molecule has 0 spiro atoms. The molecular weight excluding hydrogens is 252 g/mol. The van der Waals surface area contributed by atoms with Crippen molar-refractivity contribution in [2.45, 2.75) is 45.3 Å². The zero-order valence-corrected chi connectivity index (χ0v) is 12.3. The summed E-state index contributed by atoms with van der Waals surface area (Å²) >= 11 is 0. The first-order valence-corrected chi connectivity index (χ1v) is 7.35. The Morgan fingerprint density at radius 3 is 2.40 bits per heavy atom. The molecule has 1 aromatic carbocycles. The number of carbonyl (C=O) groups is 1. The van der Waals surface area contributed by atoms with Crippen molar-refractivity contribution >= 4 is 6.09 Å². The number of nitrogens with zero attached hydrogens (tertiary/aromatic N) is 2. The minimum Gasteiger partial charge on any atom is -0.465 e. The van der Waals surface area contributed by atoms with E-state index in [0.29, 0.717) is 12.6 Å². The Kier molecular flexibility index (Phi) is 5.01. The Bertz CT molecular complexity index is 425. The standard InChI is InChI=1S/C16H24N2O2/c1-13(2)17-10-8-15(9-11-17)18(16(19)20)12-14-6-4-3-5-7-14/h3-7,13,15H,8-12H2,1-2H3,(H,19,20). The van der Waals surface area contributed by atoms with Crippen molar-refractivity contribution in [2.24, 2.45) is 0 Å². The predicted octanol–water partition coefficient (Wildman–Crippen LogP) is 3.04. The van der Waals surface area contributed by atoms with E-state index in [0.717, 1.165) is 31.5 Å². The number of piperidine rings is 1. The summed E-state index contributed by atoms with van der Waals surface area (Å²) in [6.07, 6.45) is 1.05. The molecule has 0 radical (unpaired) electrons. The second-order valence-corrected chi connectivity index (χ2v) is 5.76. The molecule has 1 saturated heterocycles. The fraction of sp³-hybridized carbons (Fsp3) is 0.562. The van der Waals surface area contributed by atoms with Gasteiger partial charge in [0, 0.05) is 31.7 Å². The predicted molar refractivity (Wildman–Crippen MR) is 79.7 cm³/mol. The topological polar surface area (TPSA) is 43.8 Å². The molecule has 1 heterocycles. The zero-order valence-electron chi connectivity index (χ0n) is 12.3. The minimum atomic E-state index is -0.808. The molecule has 0 bridgehead atoms. The highest BCUT2D eigenvalue weighted by Gasteiger charge is 2.28. The van der Waals surface area contributed by atoms with Gasteiger partial charge in [-0.15, -0.1) is 0 Å². The van der Waals surface area contributed by atoms with Crippen LogP contribution in [0.15, 0.2) is 30.3 Å². The van der Waals surface area contributed by atoms with Crippen LogP contribution >= 0.6 is 0 Å². The molecule has 110 valence electrons. The highest BCUT2D eigenvalue weighted by Crippen LogP contribution is 2.20. The molecule has 1 amide bonds. The van der Waals surface area contributed by atoms with Crippen LogP contribution in [0.1, 0.15) is 32.3 Å². The number of hydrogen-bond acceptors (Lipinski definition) is 2. The molecule has 4 nitrogen and oxygen atoms in total. The lowest BCUT2D eigenvalue weighted by Gasteiger charge is -2.38. The van der Waals surface area contributed by atoms with E-state index in [2.05, 4.69) is 18.7 Å². The summed E-state index contributed by atoms with van der Waals surface area (Å²) in [5.41, 5.74) is 1.06. The van der Waals surface area contributed by atoms with Gasteiger partial charge in [0.05, 0.1) is 0 Å². The molecular formula is C16H24N2O2. The number of amides is 1. The first-order valence-electron chi connectivity index (χ1n) is 7.35. The highest BCUT2D eigenvalue weighted by molar-refractivity contribution is 5.65. The van der Waals surface area contributed by atoms with Crippen LogP contribution in [0.4, 0.5) is 4.79 Å². The normalized spacial score (nSPS) is 17.4. The fourth-order valence-electron chi connectivity index (χ4n) is 2.85. The summed E-state index contributed by atoms with van der Waals surface area (Å²) in [4.78, 5) is 15.6. The summed E-state index contributed by atoms with van der Waals surface area (Å²) in [5, 5.41) is 9.47. The van der Waals surface area contributed by atoms with E-state index in [1.54, 1.807) is 4.90 Å². The second-order valence-electron chi connectivity index (χ2n) is 5.76. The monoisotopic (exact) mass is 276 g/mol. The number of carboxylic acid groups (broad SMARTS) is 1. The van der Waals surface area contributed by atoms with Crippen LogP contribution in [0.2, 0.25) is 0 Å². The van der Waals surface area contributed by atoms with Crippen LogP contribution in [-0.4, -0.2) is 46.2 Å². The van der Waals surface area contributed by atoms with Crippen molar-refractivity contribution in [2.75, 3.05) is 13.1 Å². The van der Waals surface area contributed by atoms with Gasteiger partial charge in [-0.05, 0) is 32.3 Å². The van der Waals surface area contributed by atoms with Gasteiger partial charge in [-0.3, -0.25) is 0 Å². The molecule has 20 heavy (non-hydrogen) atoms. The smallest absolute Gasteiger partial charge is 0.407 e. The van der Waals surface area contributed by atoms with Crippen molar-refractivity contribution in [3.8, 4) is 0 Å². The van der Waals surface area contributed by atoms with Crippen molar-refractivity contribution in [3.63, 3.8) is 0 Å². The zero-order chi connectivity index (χ0) is 14.5. The molecule has 0 atom stereocenters. The molecule has 0 aromatic heterocycles. The largest absolute Gasteiger partial charge is 0.465 e. The Morgan fingerprint density at radius 2 is 1.90 bits per heavy atom. The molecule has 1 aliphatic heterocycles. The van der Waals surface area contributed by atoms with E-state index in [-0.39, 0.29) is 6.04 Å². The van der Waals surface area contributed by atoms with Gasteiger partial charge in [0.25, 0.3) is 0 Å². The van der Waals surface area contributed by atoms with Crippen LogP contribution in [0.5, 0.6) is 0 Å². The third-order valence-electron chi connectivity index (χ3n) is 4.11. The van der Waals surface area contributed by atoms with Crippen LogP contribution < -0.4 is 0 Å². The lowest BCUT2D eigenvalue weighted by Crippen LogP contribution is -2.48. The first kappa shape index (κ1) is 14.9. The maximum atomic E-state index is 11.5. The second kappa shape index (κ2) is 6.75. The van der Waals surface area contributed by atoms with Gasteiger partial charge in [-0.1, -0.05) is 30.3 Å². The summed E-state index contributed by atoms with van der Waals surface area (Å²) in [6.45, 7) is 6.85. The number of likely N-dealkylation sites (tertiary alicyclic amines) is 1. The van der Waals surface area contributed by atoms with E-state index in [1.807, 2.05) is 30.3 Å². The van der Waals surface area contributed by atoms with E-state index < -0.39 is 6.09 Å². The van der Waals surface area contributed by atoms with Crippen LogP contribution in [-0.2, 0) is 6.54 Å². The van der Waals surface area contributed by atoms with E-state index >= 15 is 0 Å². The first-order chi connectivity index (χ1) is 9.58. The van der Waals surface area contributed by atoms with Gasteiger partial charge in [-0.2, -0.15) is 0 Å². The maximum Gasteiger partial charge on any atom is 0.407 e. The Hall–Kier alpha value is -1.55. The van der Waals surface area contributed by atoms with Gasteiger partial charge in [0.1, 0.15) is 0 Å². The fourth-order valence-corrected chi connectivity index (χ4v) is 2.85. The van der Waals surface area contributed by atoms with Gasteiger partial charge in [-0.25, -0.2) is 4.79 Å². The molecule has 1 fully saturated rings. The Morgan fingerprint density at radius 1 is 1.30 bits per heavy atom. The third kappa shape index (κ3) is 3.73. The number of hydrogen-bond donors (Lipinski definition) is 1. The van der Waals surface area contributed by atoms with E-state index in [1.165, 1.54) is 0 Å². The minimum absolute atomic E-state index is 0.141. The maximum absolute atomic E-state index is 11.5. The lowest BCUT2D eigenvalue weighted by molar-refractivity contribution is 0.0779. The Balaban J connectivity index is 1.98. The highest BCUT2D eigenvalue weighted by atomic mass is 16.4. The van der Waals surface area contributed by atoms with E-state index in [4.69, 9.17) is 0 Å². The third-order valence-corrected chi connectivity index (χ3v) is 4.11. The number of benzene rings is 1. The van der Waals surface area contributed by atoms with Crippen LogP contribution in [0, 0.1) is 0 Å².